The van der Waals surface area contributed by atoms with Crippen LogP contribution in [-0.4, -0.2) is 37.3 Å². The summed E-state index contributed by atoms with van der Waals surface area (Å²) in [7, 11) is 3.14. The van der Waals surface area contributed by atoms with Crippen LogP contribution in [0.25, 0.3) is 0 Å². The summed E-state index contributed by atoms with van der Waals surface area (Å²) in [5.74, 6) is 0.971. The van der Waals surface area contributed by atoms with E-state index in [9.17, 15) is 9.59 Å². The lowest BCUT2D eigenvalue weighted by molar-refractivity contribution is -0.120. The maximum atomic E-state index is 11.8. The second-order valence-electron chi connectivity index (χ2n) is 6.64. The van der Waals surface area contributed by atoms with E-state index in [-0.39, 0.29) is 18.9 Å². The number of methoxy groups -OCH3 is 2. The van der Waals surface area contributed by atoms with Crippen molar-refractivity contribution in [1.29, 1.82) is 0 Å². The lowest BCUT2D eigenvalue weighted by Crippen LogP contribution is -2.39. The van der Waals surface area contributed by atoms with E-state index >= 15 is 0 Å². The van der Waals surface area contributed by atoms with E-state index in [1.807, 2.05) is 30.3 Å². The molecule has 2 rings (SSSR count). The van der Waals surface area contributed by atoms with Crippen molar-refractivity contribution in [2.45, 2.75) is 36.7 Å². The largest absolute Gasteiger partial charge is 0.493 e. The number of para-hydroxylation sites is 1. The zero-order chi connectivity index (χ0) is 22.1. The molecule has 2 unspecified atom stereocenters. The number of halogens is 2. The summed E-state index contributed by atoms with van der Waals surface area (Å²) < 4.78 is 16.6. The number of benzene rings is 2. The molecular formula is C22H25Cl2NO5. The smallest absolute Gasteiger partial charge is 0.217 e. The van der Waals surface area contributed by atoms with Gasteiger partial charge in [0.05, 0.1) is 20.3 Å². The first kappa shape index (κ1) is 23.8. The lowest BCUT2D eigenvalue weighted by Gasteiger charge is -2.23. The van der Waals surface area contributed by atoms with Gasteiger partial charge in [0.15, 0.2) is 11.5 Å². The molecule has 2 aromatic rings. The van der Waals surface area contributed by atoms with E-state index in [4.69, 9.17) is 37.4 Å². The van der Waals surface area contributed by atoms with Crippen LogP contribution in [0.15, 0.2) is 42.5 Å². The van der Waals surface area contributed by atoms with Gasteiger partial charge in [0.1, 0.15) is 23.5 Å². The van der Waals surface area contributed by atoms with Crippen LogP contribution in [0, 0.1) is 0 Å². The molecule has 6 nitrogen and oxygen atoms in total. The molecule has 0 spiro atoms. The van der Waals surface area contributed by atoms with Gasteiger partial charge >= 0.3 is 0 Å². The Balaban J connectivity index is 2.19. The third-order valence-corrected chi connectivity index (χ3v) is 5.13. The molecule has 8 heteroatoms. The van der Waals surface area contributed by atoms with Gasteiger partial charge in [0.25, 0.3) is 0 Å². The van der Waals surface area contributed by atoms with Crippen molar-refractivity contribution in [3.8, 4) is 17.2 Å². The number of alkyl halides is 2. The van der Waals surface area contributed by atoms with Crippen LogP contribution in [0.4, 0.5) is 0 Å². The van der Waals surface area contributed by atoms with Crippen LogP contribution in [0.3, 0.4) is 0 Å². The van der Waals surface area contributed by atoms with Crippen LogP contribution in [0.1, 0.15) is 30.4 Å². The fourth-order valence-corrected chi connectivity index (χ4v) is 3.40. The van der Waals surface area contributed by atoms with Crippen molar-refractivity contribution in [3.05, 3.63) is 53.6 Å². The van der Waals surface area contributed by atoms with Gasteiger partial charge in [-0.3, -0.25) is 4.79 Å². The van der Waals surface area contributed by atoms with Crippen LogP contribution in [0.5, 0.6) is 17.2 Å². The molecule has 0 heterocycles. The first-order valence-electron chi connectivity index (χ1n) is 9.32. The van der Waals surface area contributed by atoms with Gasteiger partial charge in [-0.1, -0.05) is 24.3 Å². The molecule has 1 amide bonds. The monoisotopic (exact) mass is 453 g/mol. The van der Waals surface area contributed by atoms with E-state index < -0.39 is 16.8 Å². The normalized spacial score (nSPS) is 12.7. The fraction of sp³-hybridized carbons (Fsp3) is 0.364. The summed E-state index contributed by atoms with van der Waals surface area (Å²) in [4.78, 5) is 22.4. The second-order valence-corrected chi connectivity index (χ2v) is 7.80. The van der Waals surface area contributed by atoms with Gasteiger partial charge in [0.2, 0.25) is 5.91 Å². The van der Waals surface area contributed by atoms with E-state index in [1.165, 1.54) is 6.92 Å². The minimum atomic E-state index is -0.851. The summed E-state index contributed by atoms with van der Waals surface area (Å²) in [6, 6.07) is 12.2. The van der Waals surface area contributed by atoms with Crippen LogP contribution in [0.2, 0.25) is 0 Å². The Labute approximate surface area is 186 Å². The maximum Gasteiger partial charge on any atom is 0.217 e. The Hall–Kier alpha value is -2.44. The SMILES string of the molecule is COc1ccc(COc2ccccc2C(C=O)CC(NC(C)=O)C(Cl)Cl)cc1OC. The van der Waals surface area contributed by atoms with Crippen LogP contribution >= 0.6 is 23.2 Å². The first-order valence-corrected chi connectivity index (χ1v) is 10.2. The van der Waals surface area contributed by atoms with Crippen molar-refractivity contribution in [1.82, 2.24) is 5.32 Å². The molecule has 0 aromatic heterocycles. The van der Waals surface area contributed by atoms with Crippen molar-refractivity contribution in [3.63, 3.8) is 0 Å². The maximum absolute atomic E-state index is 11.8. The third kappa shape index (κ3) is 6.54. The summed E-state index contributed by atoms with van der Waals surface area (Å²) >= 11 is 12.0. The number of ether oxygens (including phenoxy) is 3. The first-order chi connectivity index (χ1) is 14.4. The molecule has 162 valence electrons. The van der Waals surface area contributed by atoms with E-state index in [0.717, 1.165) is 11.8 Å². The standard InChI is InChI=1S/C22H25Cl2NO5/c1-14(27)25-18(22(23)24)11-16(12-26)17-6-4-5-7-19(17)30-13-15-8-9-20(28-2)21(10-15)29-3/h4-10,12,16,18,22H,11,13H2,1-3H3,(H,25,27). The number of aldehydes is 1. The molecule has 30 heavy (non-hydrogen) atoms. The minimum absolute atomic E-state index is 0.247. The summed E-state index contributed by atoms with van der Waals surface area (Å²) in [5, 5.41) is 2.69. The highest BCUT2D eigenvalue weighted by atomic mass is 35.5. The summed E-state index contributed by atoms with van der Waals surface area (Å²) in [5.41, 5.74) is 1.57. The highest BCUT2D eigenvalue weighted by Crippen LogP contribution is 2.32. The van der Waals surface area contributed by atoms with Crippen molar-refractivity contribution < 1.29 is 23.8 Å². The molecule has 0 bridgehead atoms. The quantitative estimate of drug-likeness (QED) is 0.406. The number of nitrogens with one attached hydrogen (secondary N) is 1. The molecular weight excluding hydrogens is 429 g/mol. The number of rotatable bonds is 11. The number of carbonyl (C=O) groups is 2. The molecule has 0 aliphatic rings. The molecule has 0 radical (unpaired) electrons. The molecule has 0 aliphatic carbocycles. The Morgan fingerprint density at radius 1 is 1.07 bits per heavy atom. The predicted molar refractivity (Wildman–Crippen MR) is 117 cm³/mol. The van der Waals surface area contributed by atoms with Crippen LogP contribution in [-0.2, 0) is 16.2 Å². The van der Waals surface area contributed by atoms with Gasteiger partial charge in [-0.25, -0.2) is 0 Å². The number of carbonyl (C=O) groups excluding carboxylic acids is 2. The Morgan fingerprint density at radius 3 is 2.37 bits per heavy atom. The minimum Gasteiger partial charge on any atom is -0.493 e. The third-order valence-electron chi connectivity index (χ3n) is 4.53. The lowest BCUT2D eigenvalue weighted by atomic mass is 9.93. The average molecular weight is 454 g/mol. The highest BCUT2D eigenvalue weighted by Gasteiger charge is 2.25. The number of hydrogen-bond donors (Lipinski definition) is 1. The topological polar surface area (TPSA) is 73.9 Å². The highest BCUT2D eigenvalue weighted by molar-refractivity contribution is 6.44. The molecule has 0 saturated heterocycles. The Kier molecular flexibility index (Phi) is 9.27. The van der Waals surface area contributed by atoms with Crippen molar-refractivity contribution >= 4 is 35.4 Å². The molecule has 0 fully saturated rings. The summed E-state index contributed by atoms with van der Waals surface area (Å²) in [6.45, 7) is 1.64. The number of hydrogen-bond acceptors (Lipinski definition) is 5. The van der Waals surface area contributed by atoms with Crippen LogP contribution < -0.4 is 19.5 Å². The van der Waals surface area contributed by atoms with E-state index in [0.29, 0.717) is 22.8 Å². The van der Waals surface area contributed by atoms with E-state index in [2.05, 4.69) is 5.32 Å². The second kappa shape index (κ2) is 11.7. The number of amides is 1. The molecule has 0 aliphatic heterocycles. The van der Waals surface area contributed by atoms with Gasteiger partial charge < -0.3 is 24.3 Å². The molecule has 1 N–H and O–H groups in total. The van der Waals surface area contributed by atoms with E-state index in [1.54, 1.807) is 26.4 Å². The molecule has 2 aromatic carbocycles. The van der Waals surface area contributed by atoms with Crippen molar-refractivity contribution in [2.75, 3.05) is 14.2 Å². The zero-order valence-corrected chi connectivity index (χ0v) is 18.6. The average Bonchev–Trinajstić information content (AvgIpc) is 2.74. The molecule has 0 saturated carbocycles. The zero-order valence-electron chi connectivity index (χ0n) is 17.1. The Morgan fingerprint density at radius 2 is 1.77 bits per heavy atom. The fourth-order valence-electron chi connectivity index (χ4n) is 3.07. The van der Waals surface area contributed by atoms with Gasteiger partial charge in [-0.2, -0.15) is 0 Å². The predicted octanol–water partition coefficient (Wildman–Crippen LogP) is 4.26. The Bertz CT molecular complexity index is 859. The van der Waals surface area contributed by atoms with Gasteiger partial charge in [0, 0.05) is 18.4 Å². The summed E-state index contributed by atoms with van der Waals surface area (Å²) in [6.07, 6.45) is 1.06. The van der Waals surface area contributed by atoms with Crippen molar-refractivity contribution in [2.24, 2.45) is 0 Å². The molecule has 2 atom stereocenters. The van der Waals surface area contributed by atoms with Gasteiger partial charge in [-0.15, -0.1) is 23.2 Å². The van der Waals surface area contributed by atoms with Gasteiger partial charge in [-0.05, 0) is 30.2 Å².